The molecule has 0 aromatic carbocycles. The van der Waals surface area contributed by atoms with Gasteiger partial charge in [-0.25, -0.2) is 4.98 Å². The van der Waals surface area contributed by atoms with Crippen LogP contribution >= 0.6 is 0 Å². The molecule has 1 heterocycles. The molecule has 1 rings (SSSR count). The van der Waals surface area contributed by atoms with Crippen LogP contribution in [0, 0.1) is 0 Å². The summed E-state index contributed by atoms with van der Waals surface area (Å²) >= 11 is 0. The Morgan fingerprint density at radius 3 is 3.11 bits per heavy atom. The fourth-order valence-electron chi connectivity index (χ4n) is 0.660. The van der Waals surface area contributed by atoms with E-state index >= 15 is 0 Å². The third kappa shape index (κ3) is 1.85. The number of oxazole rings is 1. The maximum atomic E-state index is 5.50. The Labute approximate surface area is 53.9 Å². The van der Waals surface area contributed by atoms with Crippen LogP contribution in [0.25, 0.3) is 0 Å². The van der Waals surface area contributed by atoms with Gasteiger partial charge in [-0.2, -0.15) is 0 Å². The maximum absolute atomic E-state index is 5.50. The van der Waals surface area contributed by atoms with Crippen LogP contribution in [0.15, 0.2) is 17.0 Å². The molecule has 1 aromatic rings. The number of nitrogens with two attached hydrogens (primary N) is 1. The van der Waals surface area contributed by atoms with Crippen LogP contribution in [0.2, 0.25) is 0 Å². The van der Waals surface area contributed by atoms with Gasteiger partial charge < -0.3 is 10.2 Å². The minimum absolute atomic E-state index is 0.151. The molecule has 2 N–H and O–H groups in total. The molecule has 0 radical (unpaired) electrons. The molecule has 0 bridgehead atoms. The molecule has 0 aliphatic heterocycles. The van der Waals surface area contributed by atoms with Gasteiger partial charge in [-0.05, 0) is 6.92 Å². The predicted octanol–water partition coefficient (Wildman–Crippen LogP) is 0.564. The zero-order chi connectivity index (χ0) is 6.69. The molecule has 50 valence electrons. The van der Waals surface area contributed by atoms with Gasteiger partial charge in [-0.15, -0.1) is 0 Å². The summed E-state index contributed by atoms with van der Waals surface area (Å²) < 4.78 is 4.95. The molecule has 0 amide bonds. The summed E-state index contributed by atoms with van der Waals surface area (Å²) in [5, 5.41) is 0. The molecule has 0 saturated carbocycles. The monoisotopic (exact) mass is 126 g/mol. The molecule has 0 saturated heterocycles. The Kier molecular flexibility index (Phi) is 1.85. The van der Waals surface area contributed by atoms with Crippen LogP contribution in [0.5, 0.6) is 0 Å². The molecule has 1 atom stereocenters. The summed E-state index contributed by atoms with van der Waals surface area (Å²) in [6, 6.07) is 0.151. The molecule has 0 aliphatic rings. The fraction of sp³-hybridized carbons (Fsp3) is 0.500. The third-order valence-corrected chi connectivity index (χ3v) is 1.01. The Bertz CT molecular complexity index is 158. The van der Waals surface area contributed by atoms with Crippen molar-refractivity contribution in [3.8, 4) is 0 Å². The lowest BCUT2D eigenvalue weighted by Gasteiger charge is -1.97. The minimum atomic E-state index is 0.151. The molecule has 3 heteroatoms. The Hall–Kier alpha value is -0.830. The largest absolute Gasteiger partial charge is 0.448 e. The lowest BCUT2D eigenvalue weighted by atomic mass is 10.2. The first-order valence-electron chi connectivity index (χ1n) is 2.92. The average Bonchev–Trinajstić information content (AvgIpc) is 2.15. The maximum Gasteiger partial charge on any atom is 0.180 e. The van der Waals surface area contributed by atoms with E-state index in [0.29, 0.717) is 0 Å². The van der Waals surface area contributed by atoms with E-state index in [9.17, 15) is 0 Å². The molecule has 0 spiro atoms. The minimum Gasteiger partial charge on any atom is -0.448 e. The summed E-state index contributed by atoms with van der Waals surface area (Å²) in [7, 11) is 0. The molecule has 0 aliphatic carbocycles. The second kappa shape index (κ2) is 2.64. The standard InChI is InChI=1S/C6H10N2O/c1-5(7)2-6-3-8-4-9-6/h3-5H,2,7H2,1H3/t5-/m1/s1. The van der Waals surface area contributed by atoms with Crippen LogP contribution in [0.4, 0.5) is 0 Å². The smallest absolute Gasteiger partial charge is 0.180 e. The van der Waals surface area contributed by atoms with Gasteiger partial charge in [0.1, 0.15) is 5.76 Å². The van der Waals surface area contributed by atoms with Gasteiger partial charge >= 0.3 is 0 Å². The topological polar surface area (TPSA) is 52.0 Å². The van der Waals surface area contributed by atoms with Gasteiger partial charge in [0.2, 0.25) is 0 Å². The highest BCUT2D eigenvalue weighted by Gasteiger charge is 1.98. The molecule has 0 unspecified atom stereocenters. The molecule has 1 aromatic heterocycles. The number of aromatic nitrogens is 1. The number of hydrogen-bond acceptors (Lipinski definition) is 3. The highest BCUT2D eigenvalue weighted by molar-refractivity contribution is 4.90. The first kappa shape index (κ1) is 6.29. The van der Waals surface area contributed by atoms with E-state index in [4.69, 9.17) is 10.2 Å². The van der Waals surface area contributed by atoms with Crippen molar-refractivity contribution in [1.82, 2.24) is 4.98 Å². The van der Waals surface area contributed by atoms with E-state index in [1.165, 1.54) is 6.39 Å². The third-order valence-electron chi connectivity index (χ3n) is 1.01. The highest BCUT2D eigenvalue weighted by Crippen LogP contribution is 1.98. The van der Waals surface area contributed by atoms with Gasteiger partial charge in [-0.1, -0.05) is 0 Å². The molecular weight excluding hydrogens is 116 g/mol. The average molecular weight is 126 g/mol. The van der Waals surface area contributed by atoms with Gasteiger partial charge in [-0.3, -0.25) is 0 Å². The number of rotatable bonds is 2. The predicted molar refractivity (Wildman–Crippen MR) is 33.9 cm³/mol. The van der Waals surface area contributed by atoms with Crippen molar-refractivity contribution in [2.24, 2.45) is 5.73 Å². The highest BCUT2D eigenvalue weighted by atomic mass is 16.3. The van der Waals surface area contributed by atoms with E-state index in [1.807, 2.05) is 6.92 Å². The lowest BCUT2D eigenvalue weighted by Crippen LogP contribution is -2.17. The normalized spacial score (nSPS) is 13.6. The first-order valence-corrected chi connectivity index (χ1v) is 2.92. The quantitative estimate of drug-likeness (QED) is 0.630. The summed E-state index contributed by atoms with van der Waals surface area (Å²) in [5.74, 6) is 0.852. The van der Waals surface area contributed by atoms with Crippen molar-refractivity contribution in [1.29, 1.82) is 0 Å². The van der Waals surface area contributed by atoms with Crippen LogP contribution in [-0.4, -0.2) is 11.0 Å². The van der Waals surface area contributed by atoms with Crippen molar-refractivity contribution in [2.75, 3.05) is 0 Å². The van der Waals surface area contributed by atoms with Crippen LogP contribution in [0.3, 0.4) is 0 Å². The molecular formula is C6H10N2O. The molecule has 9 heavy (non-hydrogen) atoms. The second-order valence-corrected chi connectivity index (χ2v) is 2.15. The SMILES string of the molecule is C[C@@H](N)Cc1cnco1. The summed E-state index contributed by atoms with van der Waals surface area (Å²) in [4.78, 5) is 3.75. The van der Waals surface area contributed by atoms with Crippen molar-refractivity contribution in [3.05, 3.63) is 18.4 Å². The number of hydrogen-bond donors (Lipinski definition) is 1. The van der Waals surface area contributed by atoms with Crippen LogP contribution in [0.1, 0.15) is 12.7 Å². The van der Waals surface area contributed by atoms with E-state index in [1.54, 1.807) is 6.20 Å². The van der Waals surface area contributed by atoms with Crippen molar-refractivity contribution in [2.45, 2.75) is 19.4 Å². The van der Waals surface area contributed by atoms with E-state index in [2.05, 4.69) is 4.98 Å². The zero-order valence-corrected chi connectivity index (χ0v) is 5.37. The van der Waals surface area contributed by atoms with Crippen LogP contribution in [-0.2, 0) is 6.42 Å². The van der Waals surface area contributed by atoms with Crippen molar-refractivity contribution in [3.63, 3.8) is 0 Å². The van der Waals surface area contributed by atoms with E-state index in [-0.39, 0.29) is 6.04 Å². The zero-order valence-electron chi connectivity index (χ0n) is 5.37. The molecule has 3 nitrogen and oxygen atoms in total. The van der Waals surface area contributed by atoms with Gasteiger partial charge in [0.15, 0.2) is 6.39 Å². The summed E-state index contributed by atoms with van der Waals surface area (Å²) in [5.41, 5.74) is 5.50. The van der Waals surface area contributed by atoms with E-state index < -0.39 is 0 Å². The van der Waals surface area contributed by atoms with Crippen LogP contribution < -0.4 is 5.73 Å². The second-order valence-electron chi connectivity index (χ2n) is 2.15. The fourth-order valence-corrected chi connectivity index (χ4v) is 0.660. The number of nitrogens with zero attached hydrogens (tertiary/aromatic N) is 1. The van der Waals surface area contributed by atoms with Crippen molar-refractivity contribution >= 4 is 0 Å². The first-order chi connectivity index (χ1) is 4.29. The Morgan fingerprint density at radius 2 is 2.67 bits per heavy atom. The van der Waals surface area contributed by atoms with Gasteiger partial charge in [0, 0.05) is 12.5 Å². The van der Waals surface area contributed by atoms with Gasteiger partial charge in [0.05, 0.1) is 6.20 Å². The Morgan fingerprint density at radius 1 is 1.89 bits per heavy atom. The van der Waals surface area contributed by atoms with E-state index in [0.717, 1.165) is 12.2 Å². The molecule has 0 fully saturated rings. The van der Waals surface area contributed by atoms with Gasteiger partial charge in [0.25, 0.3) is 0 Å². The Balaban J connectivity index is 2.48. The lowest BCUT2D eigenvalue weighted by molar-refractivity contribution is 0.487. The van der Waals surface area contributed by atoms with Crippen molar-refractivity contribution < 1.29 is 4.42 Å². The summed E-state index contributed by atoms with van der Waals surface area (Å²) in [6.45, 7) is 1.93. The summed E-state index contributed by atoms with van der Waals surface area (Å²) in [6.07, 6.45) is 3.86.